The van der Waals surface area contributed by atoms with Gasteiger partial charge in [-0.3, -0.25) is 0 Å². The first-order valence-corrected chi connectivity index (χ1v) is 5.72. The third-order valence-corrected chi connectivity index (χ3v) is 2.69. The number of anilines is 3. The van der Waals surface area contributed by atoms with Crippen molar-refractivity contribution in [1.29, 1.82) is 0 Å². The van der Waals surface area contributed by atoms with Gasteiger partial charge in [-0.25, -0.2) is 13.6 Å². The highest BCUT2D eigenvalue weighted by molar-refractivity contribution is 5.99. The maximum atomic E-state index is 13.6. The molecule has 0 aromatic heterocycles. The van der Waals surface area contributed by atoms with Gasteiger partial charge in [-0.15, -0.1) is 0 Å². The normalized spacial score (nSPS) is 10.2. The maximum absolute atomic E-state index is 13.6. The van der Waals surface area contributed by atoms with Crippen LogP contribution >= 0.6 is 0 Å². The number of hydrogen-bond donors (Lipinski definition) is 2. The SMILES string of the molecule is COC(=O)c1cccc(N)c1Nc1ccc(F)cc1F. The minimum atomic E-state index is -0.788. The van der Waals surface area contributed by atoms with Crippen molar-refractivity contribution in [2.24, 2.45) is 0 Å². The summed E-state index contributed by atoms with van der Waals surface area (Å²) in [6.45, 7) is 0. The van der Waals surface area contributed by atoms with E-state index >= 15 is 0 Å². The molecule has 4 nitrogen and oxygen atoms in total. The van der Waals surface area contributed by atoms with Gasteiger partial charge in [0.15, 0.2) is 0 Å². The van der Waals surface area contributed by atoms with Crippen LogP contribution in [0.25, 0.3) is 0 Å². The van der Waals surface area contributed by atoms with Crippen molar-refractivity contribution in [3.05, 3.63) is 53.6 Å². The van der Waals surface area contributed by atoms with Crippen molar-refractivity contribution in [3.63, 3.8) is 0 Å². The van der Waals surface area contributed by atoms with E-state index < -0.39 is 17.6 Å². The molecule has 0 spiro atoms. The van der Waals surface area contributed by atoms with E-state index in [0.717, 1.165) is 12.1 Å². The molecular weight excluding hydrogens is 266 g/mol. The summed E-state index contributed by atoms with van der Waals surface area (Å²) in [6.07, 6.45) is 0. The molecule has 0 amide bonds. The molecule has 0 fully saturated rings. The average Bonchev–Trinajstić information content (AvgIpc) is 2.42. The van der Waals surface area contributed by atoms with Crippen LogP contribution in [-0.4, -0.2) is 13.1 Å². The Bertz CT molecular complexity index is 660. The number of nitrogen functional groups attached to an aromatic ring is 1. The lowest BCUT2D eigenvalue weighted by atomic mass is 10.1. The van der Waals surface area contributed by atoms with Gasteiger partial charge in [0.25, 0.3) is 0 Å². The highest BCUT2D eigenvalue weighted by Gasteiger charge is 2.15. The third-order valence-electron chi connectivity index (χ3n) is 2.69. The summed E-state index contributed by atoms with van der Waals surface area (Å²) in [5, 5.41) is 2.68. The molecular formula is C14H12F2N2O2. The minimum absolute atomic E-state index is 0.00875. The highest BCUT2D eigenvalue weighted by atomic mass is 19.1. The van der Waals surface area contributed by atoms with E-state index in [2.05, 4.69) is 10.1 Å². The molecule has 0 radical (unpaired) electrons. The molecule has 6 heteroatoms. The molecule has 0 atom stereocenters. The first-order chi connectivity index (χ1) is 9.52. The van der Waals surface area contributed by atoms with Crippen LogP contribution in [0.5, 0.6) is 0 Å². The Labute approximate surface area is 114 Å². The summed E-state index contributed by atoms with van der Waals surface area (Å²) < 4.78 is 31.1. The van der Waals surface area contributed by atoms with Gasteiger partial charge in [0.1, 0.15) is 11.6 Å². The predicted octanol–water partition coefficient (Wildman–Crippen LogP) is 3.08. The van der Waals surface area contributed by atoms with Crippen LogP contribution in [0, 0.1) is 11.6 Å². The van der Waals surface area contributed by atoms with E-state index in [-0.39, 0.29) is 22.6 Å². The quantitative estimate of drug-likeness (QED) is 0.669. The van der Waals surface area contributed by atoms with Crippen LogP contribution in [0.1, 0.15) is 10.4 Å². The Kier molecular flexibility index (Phi) is 3.84. The standard InChI is InChI=1S/C14H12F2N2O2/c1-20-14(19)9-3-2-4-11(17)13(9)18-12-6-5-8(15)7-10(12)16/h2-7,18H,17H2,1H3. The third kappa shape index (κ3) is 2.69. The van der Waals surface area contributed by atoms with Crippen molar-refractivity contribution in [2.75, 3.05) is 18.2 Å². The molecule has 0 bridgehead atoms. The summed E-state index contributed by atoms with van der Waals surface area (Å²) in [7, 11) is 1.23. The fourth-order valence-electron chi connectivity index (χ4n) is 1.72. The number of nitrogens with two attached hydrogens (primary N) is 1. The van der Waals surface area contributed by atoms with Gasteiger partial charge in [0.2, 0.25) is 0 Å². The molecule has 0 aliphatic heterocycles. The number of carbonyl (C=O) groups is 1. The van der Waals surface area contributed by atoms with Gasteiger partial charge in [-0.2, -0.15) is 0 Å². The van der Waals surface area contributed by atoms with Crippen LogP contribution in [0.3, 0.4) is 0 Å². The minimum Gasteiger partial charge on any atom is -0.465 e. The van der Waals surface area contributed by atoms with Crippen molar-refractivity contribution in [3.8, 4) is 0 Å². The monoisotopic (exact) mass is 278 g/mol. The molecule has 20 heavy (non-hydrogen) atoms. The number of carbonyl (C=O) groups excluding carboxylic acids is 1. The number of esters is 1. The predicted molar refractivity (Wildman–Crippen MR) is 71.8 cm³/mol. The molecule has 2 aromatic carbocycles. The Balaban J connectivity index is 2.45. The lowest BCUT2D eigenvalue weighted by molar-refractivity contribution is 0.0602. The first kappa shape index (κ1) is 13.8. The second-order valence-corrected chi connectivity index (χ2v) is 4.01. The van der Waals surface area contributed by atoms with Crippen LogP contribution in [0.15, 0.2) is 36.4 Å². The van der Waals surface area contributed by atoms with Crippen LogP contribution in [0.4, 0.5) is 25.8 Å². The van der Waals surface area contributed by atoms with Gasteiger partial charge >= 0.3 is 5.97 Å². The van der Waals surface area contributed by atoms with Crippen molar-refractivity contribution >= 4 is 23.0 Å². The van der Waals surface area contributed by atoms with Gasteiger partial charge < -0.3 is 15.8 Å². The second kappa shape index (κ2) is 5.56. The van der Waals surface area contributed by atoms with Crippen molar-refractivity contribution < 1.29 is 18.3 Å². The van der Waals surface area contributed by atoms with E-state index in [9.17, 15) is 13.6 Å². The van der Waals surface area contributed by atoms with Gasteiger partial charge in [0.05, 0.1) is 29.7 Å². The zero-order valence-corrected chi connectivity index (χ0v) is 10.6. The number of benzene rings is 2. The van der Waals surface area contributed by atoms with Crippen molar-refractivity contribution in [1.82, 2.24) is 0 Å². The van der Waals surface area contributed by atoms with Gasteiger partial charge in [-0.05, 0) is 24.3 Å². The van der Waals surface area contributed by atoms with Crippen LogP contribution in [-0.2, 0) is 4.74 Å². The molecule has 3 N–H and O–H groups in total. The van der Waals surface area contributed by atoms with E-state index in [1.165, 1.54) is 19.2 Å². The average molecular weight is 278 g/mol. The summed E-state index contributed by atoms with van der Waals surface area (Å²) in [4.78, 5) is 11.6. The number of para-hydroxylation sites is 1. The van der Waals surface area contributed by atoms with Gasteiger partial charge in [0, 0.05) is 6.07 Å². The number of ether oxygens (including phenoxy) is 1. The number of hydrogen-bond acceptors (Lipinski definition) is 4. The molecule has 0 unspecified atom stereocenters. The first-order valence-electron chi connectivity index (χ1n) is 5.72. The number of halogens is 2. The summed E-state index contributed by atoms with van der Waals surface area (Å²) >= 11 is 0. The van der Waals surface area contributed by atoms with Gasteiger partial charge in [-0.1, -0.05) is 6.07 Å². The lowest BCUT2D eigenvalue weighted by Gasteiger charge is -2.13. The molecule has 0 aliphatic rings. The lowest BCUT2D eigenvalue weighted by Crippen LogP contribution is -2.08. The highest BCUT2D eigenvalue weighted by Crippen LogP contribution is 2.29. The molecule has 2 rings (SSSR count). The van der Waals surface area contributed by atoms with Crippen LogP contribution < -0.4 is 11.1 Å². The smallest absolute Gasteiger partial charge is 0.340 e. The number of methoxy groups -OCH3 is 1. The Morgan fingerprint density at radius 2 is 2.00 bits per heavy atom. The number of nitrogens with one attached hydrogen (secondary N) is 1. The van der Waals surface area contributed by atoms with E-state index in [4.69, 9.17) is 5.73 Å². The fraction of sp³-hybridized carbons (Fsp3) is 0.0714. The van der Waals surface area contributed by atoms with E-state index in [1.54, 1.807) is 12.1 Å². The Hall–Kier alpha value is -2.63. The zero-order chi connectivity index (χ0) is 14.7. The van der Waals surface area contributed by atoms with E-state index in [0.29, 0.717) is 0 Å². The Morgan fingerprint density at radius 1 is 1.25 bits per heavy atom. The maximum Gasteiger partial charge on any atom is 0.340 e. The summed E-state index contributed by atoms with van der Waals surface area (Å²) in [5.41, 5.74) is 6.41. The molecule has 2 aromatic rings. The molecule has 0 saturated heterocycles. The molecule has 104 valence electrons. The molecule has 0 saturated carbocycles. The molecule has 0 heterocycles. The van der Waals surface area contributed by atoms with E-state index in [1.807, 2.05) is 0 Å². The zero-order valence-electron chi connectivity index (χ0n) is 10.6. The summed E-state index contributed by atoms with van der Waals surface area (Å²) in [6, 6.07) is 7.68. The summed E-state index contributed by atoms with van der Waals surface area (Å²) in [5.74, 6) is -2.09. The fourth-order valence-corrected chi connectivity index (χ4v) is 1.72. The second-order valence-electron chi connectivity index (χ2n) is 4.01. The molecule has 0 aliphatic carbocycles. The Morgan fingerprint density at radius 3 is 2.65 bits per heavy atom. The number of rotatable bonds is 3. The van der Waals surface area contributed by atoms with Crippen molar-refractivity contribution in [2.45, 2.75) is 0 Å². The topological polar surface area (TPSA) is 64.3 Å². The van der Waals surface area contributed by atoms with Crippen LogP contribution in [0.2, 0.25) is 0 Å². The largest absolute Gasteiger partial charge is 0.465 e.